The van der Waals surface area contributed by atoms with E-state index in [0.29, 0.717) is 5.69 Å². The maximum Gasteiger partial charge on any atom is 0.354 e. The number of carbonyl (C=O) groups excluding carboxylic acids is 2. The maximum atomic E-state index is 13.1. The summed E-state index contributed by atoms with van der Waals surface area (Å²) in [4.78, 5) is 25.9. The molecule has 1 amide bonds. The van der Waals surface area contributed by atoms with Crippen LogP contribution in [0.15, 0.2) is 30.5 Å². The van der Waals surface area contributed by atoms with Crippen LogP contribution >= 0.6 is 0 Å². The highest BCUT2D eigenvalue weighted by Gasteiger charge is 2.13. The van der Waals surface area contributed by atoms with E-state index in [-0.39, 0.29) is 17.9 Å². The van der Waals surface area contributed by atoms with Gasteiger partial charge in [0, 0.05) is 11.8 Å². The molecule has 0 aliphatic carbocycles. The van der Waals surface area contributed by atoms with Crippen molar-refractivity contribution in [2.45, 2.75) is 6.92 Å². The fraction of sp³-hybridized carbons (Fsp3) is 0.143. The van der Waals surface area contributed by atoms with E-state index >= 15 is 0 Å². The van der Waals surface area contributed by atoms with Crippen molar-refractivity contribution in [1.82, 2.24) is 4.98 Å². The number of carbonyl (C=O) groups is 2. The third-order valence-corrected chi connectivity index (χ3v) is 2.62. The molecule has 1 heterocycles. The molecule has 0 saturated heterocycles. The van der Waals surface area contributed by atoms with Gasteiger partial charge in [-0.2, -0.15) is 0 Å². The van der Waals surface area contributed by atoms with Gasteiger partial charge in [0.05, 0.1) is 12.3 Å². The molecular formula is C14H12F2N2O3. The van der Waals surface area contributed by atoms with Crippen LogP contribution in [0.1, 0.15) is 27.8 Å². The minimum Gasteiger partial charge on any atom is -0.461 e. The number of hydrogen-bond acceptors (Lipinski definition) is 3. The second-order valence-corrected chi connectivity index (χ2v) is 4.11. The molecular weight excluding hydrogens is 282 g/mol. The van der Waals surface area contributed by atoms with Gasteiger partial charge in [-0.05, 0) is 31.2 Å². The number of hydrogen-bond donors (Lipinski definition) is 2. The molecule has 0 unspecified atom stereocenters. The summed E-state index contributed by atoms with van der Waals surface area (Å²) in [6.45, 7) is 1.90. The number of halogens is 2. The van der Waals surface area contributed by atoms with E-state index in [1.54, 1.807) is 6.92 Å². The summed E-state index contributed by atoms with van der Waals surface area (Å²) in [7, 11) is 0. The molecule has 21 heavy (non-hydrogen) atoms. The summed E-state index contributed by atoms with van der Waals surface area (Å²) < 4.78 is 30.6. The molecule has 2 rings (SSSR count). The zero-order valence-corrected chi connectivity index (χ0v) is 11.1. The van der Waals surface area contributed by atoms with Crippen LogP contribution in [0.2, 0.25) is 0 Å². The maximum absolute atomic E-state index is 13.1. The number of benzene rings is 1. The first kappa shape index (κ1) is 14.7. The second kappa shape index (κ2) is 6.17. The topological polar surface area (TPSA) is 71.2 Å². The van der Waals surface area contributed by atoms with Gasteiger partial charge >= 0.3 is 5.97 Å². The average molecular weight is 294 g/mol. The number of rotatable bonds is 4. The molecule has 0 fully saturated rings. The molecule has 2 aromatic rings. The van der Waals surface area contributed by atoms with Crippen LogP contribution in [0.25, 0.3) is 0 Å². The van der Waals surface area contributed by atoms with Crippen molar-refractivity contribution in [1.29, 1.82) is 0 Å². The van der Waals surface area contributed by atoms with Crippen LogP contribution in [-0.2, 0) is 4.74 Å². The molecule has 7 heteroatoms. The Morgan fingerprint density at radius 2 is 2.00 bits per heavy atom. The summed E-state index contributed by atoms with van der Waals surface area (Å²) >= 11 is 0. The van der Waals surface area contributed by atoms with E-state index in [4.69, 9.17) is 4.74 Å². The summed E-state index contributed by atoms with van der Waals surface area (Å²) in [5.41, 5.74) is 0.456. The molecule has 0 spiro atoms. The molecule has 0 bridgehead atoms. The SMILES string of the molecule is CCOC(=O)c1cc(NC(=O)c2ccc(F)c(F)c2)c[nH]1. The summed E-state index contributed by atoms with van der Waals surface area (Å²) in [6, 6.07) is 4.21. The van der Waals surface area contributed by atoms with Crippen LogP contribution in [0, 0.1) is 11.6 Å². The van der Waals surface area contributed by atoms with Crippen molar-refractivity contribution in [3.05, 3.63) is 53.4 Å². The van der Waals surface area contributed by atoms with Crippen molar-refractivity contribution in [3.63, 3.8) is 0 Å². The molecule has 1 aromatic heterocycles. The van der Waals surface area contributed by atoms with Crippen LogP contribution in [-0.4, -0.2) is 23.5 Å². The van der Waals surface area contributed by atoms with E-state index in [2.05, 4.69) is 10.3 Å². The van der Waals surface area contributed by atoms with Gasteiger partial charge in [0.25, 0.3) is 5.91 Å². The largest absolute Gasteiger partial charge is 0.461 e. The van der Waals surface area contributed by atoms with Crippen LogP contribution in [0.5, 0.6) is 0 Å². The van der Waals surface area contributed by atoms with Crippen LogP contribution in [0.4, 0.5) is 14.5 Å². The first-order valence-corrected chi connectivity index (χ1v) is 6.13. The first-order chi connectivity index (χ1) is 10.0. The Morgan fingerprint density at radius 1 is 1.24 bits per heavy atom. The fourth-order valence-corrected chi connectivity index (χ4v) is 1.63. The fourth-order valence-electron chi connectivity index (χ4n) is 1.63. The van der Waals surface area contributed by atoms with Gasteiger partial charge in [-0.1, -0.05) is 0 Å². The highest BCUT2D eigenvalue weighted by Crippen LogP contribution is 2.14. The summed E-state index contributed by atoms with van der Waals surface area (Å²) in [5.74, 6) is -3.31. The lowest BCUT2D eigenvalue weighted by Crippen LogP contribution is -2.12. The quantitative estimate of drug-likeness (QED) is 0.852. The third-order valence-electron chi connectivity index (χ3n) is 2.62. The van der Waals surface area contributed by atoms with Gasteiger partial charge in [-0.15, -0.1) is 0 Å². The van der Waals surface area contributed by atoms with Crippen LogP contribution in [0.3, 0.4) is 0 Å². The Bertz CT molecular complexity index is 683. The predicted octanol–water partition coefficient (Wildman–Crippen LogP) is 2.72. The van der Waals surface area contributed by atoms with E-state index in [0.717, 1.165) is 18.2 Å². The Kier molecular flexibility index (Phi) is 4.32. The lowest BCUT2D eigenvalue weighted by Gasteiger charge is -2.03. The van der Waals surface area contributed by atoms with Gasteiger partial charge in [-0.3, -0.25) is 4.79 Å². The number of anilines is 1. The summed E-state index contributed by atoms with van der Waals surface area (Å²) in [5, 5.41) is 2.46. The molecule has 1 aromatic carbocycles. The Labute approximate surface area is 118 Å². The van der Waals surface area contributed by atoms with Crippen LogP contribution < -0.4 is 5.32 Å². The average Bonchev–Trinajstić information content (AvgIpc) is 2.90. The van der Waals surface area contributed by atoms with Crippen molar-refractivity contribution < 1.29 is 23.1 Å². The first-order valence-electron chi connectivity index (χ1n) is 6.13. The zero-order valence-electron chi connectivity index (χ0n) is 11.1. The third kappa shape index (κ3) is 3.44. The molecule has 2 N–H and O–H groups in total. The van der Waals surface area contributed by atoms with Crippen molar-refractivity contribution in [3.8, 4) is 0 Å². The molecule has 110 valence electrons. The highest BCUT2D eigenvalue weighted by molar-refractivity contribution is 6.04. The minimum atomic E-state index is -1.11. The molecule has 0 aliphatic rings. The Balaban J connectivity index is 2.09. The van der Waals surface area contributed by atoms with Gasteiger partial charge in [-0.25, -0.2) is 13.6 Å². The van der Waals surface area contributed by atoms with E-state index in [1.165, 1.54) is 12.3 Å². The standard InChI is InChI=1S/C14H12F2N2O3/c1-2-21-14(20)12-6-9(7-17-12)18-13(19)8-3-4-10(15)11(16)5-8/h3-7,17H,2H2,1H3,(H,18,19). The molecule has 0 saturated carbocycles. The number of amides is 1. The predicted molar refractivity (Wildman–Crippen MR) is 71.1 cm³/mol. The van der Waals surface area contributed by atoms with Gasteiger partial charge < -0.3 is 15.0 Å². The molecule has 0 aliphatic heterocycles. The van der Waals surface area contributed by atoms with E-state index < -0.39 is 23.5 Å². The number of aromatic amines is 1. The number of H-pyrrole nitrogens is 1. The van der Waals surface area contributed by atoms with Gasteiger partial charge in [0.1, 0.15) is 5.69 Å². The zero-order chi connectivity index (χ0) is 15.4. The minimum absolute atomic E-state index is 0.0345. The Morgan fingerprint density at radius 3 is 2.67 bits per heavy atom. The smallest absolute Gasteiger partial charge is 0.354 e. The molecule has 5 nitrogen and oxygen atoms in total. The van der Waals surface area contributed by atoms with Crippen molar-refractivity contribution in [2.75, 3.05) is 11.9 Å². The number of ether oxygens (including phenoxy) is 1. The lowest BCUT2D eigenvalue weighted by atomic mass is 10.2. The Hall–Kier alpha value is -2.70. The van der Waals surface area contributed by atoms with Gasteiger partial charge in [0.15, 0.2) is 11.6 Å². The number of nitrogens with one attached hydrogen (secondary N) is 2. The highest BCUT2D eigenvalue weighted by atomic mass is 19.2. The molecule has 0 radical (unpaired) electrons. The monoisotopic (exact) mass is 294 g/mol. The lowest BCUT2D eigenvalue weighted by molar-refractivity contribution is 0.0520. The van der Waals surface area contributed by atoms with E-state index in [1.807, 2.05) is 0 Å². The van der Waals surface area contributed by atoms with Crippen molar-refractivity contribution >= 4 is 17.6 Å². The van der Waals surface area contributed by atoms with Gasteiger partial charge in [0.2, 0.25) is 0 Å². The van der Waals surface area contributed by atoms with E-state index in [9.17, 15) is 18.4 Å². The van der Waals surface area contributed by atoms with Crippen molar-refractivity contribution in [2.24, 2.45) is 0 Å². The number of esters is 1. The molecule has 0 atom stereocenters. The number of aromatic nitrogens is 1. The normalized spacial score (nSPS) is 10.2. The second-order valence-electron chi connectivity index (χ2n) is 4.11. The summed E-state index contributed by atoms with van der Waals surface area (Å²) in [6.07, 6.45) is 1.39.